The fraction of sp³-hybridized carbons (Fsp3) is 0.417. The maximum absolute atomic E-state index is 8.78. The zero-order chi connectivity index (χ0) is 9.80. The number of benzene rings is 1. The average Bonchev–Trinajstić information content (AvgIpc) is 2.30. The van der Waals surface area contributed by atoms with E-state index in [0.717, 1.165) is 25.9 Å². The predicted octanol–water partition coefficient (Wildman–Crippen LogP) is 2.85. The first-order valence-corrected chi connectivity index (χ1v) is 5.10. The number of rotatable bonds is 1. The summed E-state index contributed by atoms with van der Waals surface area (Å²) in [6.45, 7) is 2.03. The minimum Gasteiger partial charge on any atom is -0.371 e. The summed E-state index contributed by atoms with van der Waals surface area (Å²) in [5.74, 6) is 0.273. The molecule has 0 radical (unpaired) electrons. The molecule has 1 aromatic carbocycles. The van der Waals surface area contributed by atoms with Gasteiger partial charge in [-0.05, 0) is 25.0 Å². The molecule has 3 heteroatoms. The maximum Gasteiger partial charge on any atom is 0.0657 e. The molecule has 1 aromatic rings. The second-order valence-electron chi connectivity index (χ2n) is 3.73. The molecule has 1 aliphatic heterocycles. The summed E-state index contributed by atoms with van der Waals surface area (Å²) in [7, 11) is 0. The van der Waals surface area contributed by atoms with Crippen LogP contribution in [0.4, 0.5) is 5.69 Å². The third kappa shape index (κ3) is 2.87. The molecule has 0 spiro atoms. The van der Waals surface area contributed by atoms with Crippen molar-refractivity contribution in [2.45, 2.75) is 12.8 Å². The van der Waals surface area contributed by atoms with E-state index in [1.807, 2.05) is 6.07 Å². The highest BCUT2D eigenvalue weighted by molar-refractivity contribution is 5.85. The summed E-state index contributed by atoms with van der Waals surface area (Å²) in [6.07, 6.45) is 2.01. The van der Waals surface area contributed by atoms with Crippen LogP contribution in [0, 0.1) is 17.2 Å². The van der Waals surface area contributed by atoms with Crippen LogP contribution in [0.2, 0.25) is 0 Å². The van der Waals surface area contributed by atoms with Gasteiger partial charge in [0.1, 0.15) is 0 Å². The van der Waals surface area contributed by atoms with Gasteiger partial charge in [-0.15, -0.1) is 12.4 Å². The molecule has 0 aromatic heterocycles. The molecule has 0 unspecified atom stereocenters. The lowest BCUT2D eigenvalue weighted by Gasteiger charge is -2.30. The van der Waals surface area contributed by atoms with Crippen molar-refractivity contribution in [3.63, 3.8) is 0 Å². The highest BCUT2D eigenvalue weighted by Gasteiger charge is 2.18. The first-order chi connectivity index (χ1) is 6.90. The molecule has 0 N–H and O–H groups in total. The SMILES string of the molecule is Cl.N#CC1CCN(c2ccccc2)CC1. The van der Waals surface area contributed by atoms with E-state index in [4.69, 9.17) is 5.26 Å². The van der Waals surface area contributed by atoms with E-state index < -0.39 is 0 Å². The Labute approximate surface area is 96.9 Å². The van der Waals surface area contributed by atoms with E-state index in [2.05, 4.69) is 35.2 Å². The van der Waals surface area contributed by atoms with Crippen LogP contribution < -0.4 is 4.90 Å². The van der Waals surface area contributed by atoms with Crippen LogP contribution in [0.15, 0.2) is 30.3 Å². The Morgan fingerprint density at radius 2 is 1.73 bits per heavy atom. The van der Waals surface area contributed by atoms with Crippen molar-refractivity contribution in [1.29, 1.82) is 5.26 Å². The lowest BCUT2D eigenvalue weighted by atomic mass is 9.98. The smallest absolute Gasteiger partial charge is 0.0657 e. The fourth-order valence-corrected chi connectivity index (χ4v) is 1.91. The Morgan fingerprint density at radius 1 is 1.13 bits per heavy atom. The molecule has 1 aliphatic rings. The van der Waals surface area contributed by atoms with E-state index in [0.29, 0.717) is 0 Å². The van der Waals surface area contributed by atoms with Gasteiger partial charge in [0.15, 0.2) is 0 Å². The third-order valence-electron chi connectivity index (χ3n) is 2.80. The maximum atomic E-state index is 8.78. The Kier molecular flexibility index (Phi) is 4.45. The van der Waals surface area contributed by atoms with Crippen molar-refractivity contribution in [3.8, 4) is 6.07 Å². The normalized spacial score (nSPS) is 16.6. The van der Waals surface area contributed by atoms with Crippen LogP contribution in [0.25, 0.3) is 0 Å². The molecular formula is C12H15ClN2. The number of hydrogen-bond acceptors (Lipinski definition) is 2. The van der Waals surface area contributed by atoms with Crippen LogP contribution in [0.5, 0.6) is 0 Å². The third-order valence-corrected chi connectivity index (χ3v) is 2.80. The lowest BCUT2D eigenvalue weighted by Crippen LogP contribution is -2.33. The molecular weight excluding hydrogens is 208 g/mol. The van der Waals surface area contributed by atoms with E-state index in [9.17, 15) is 0 Å². The van der Waals surface area contributed by atoms with Crippen molar-refractivity contribution in [2.75, 3.05) is 18.0 Å². The average molecular weight is 223 g/mol. The minimum absolute atomic E-state index is 0. The fourth-order valence-electron chi connectivity index (χ4n) is 1.91. The summed E-state index contributed by atoms with van der Waals surface area (Å²) in [5, 5.41) is 8.78. The van der Waals surface area contributed by atoms with E-state index in [1.165, 1.54) is 5.69 Å². The number of halogens is 1. The molecule has 0 aliphatic carbocycles. The van der Waals surface area contributed by atoms with Crippen molar-refractivity contribution in [1.82, 2.24) is 0 Å². The monoisotopic (exact) mass is 222 g/mol. The number of para-hydroxylation sites is 1. The first-order valence-electron chi connectivity index (χ1n) is 5.10. The summed E-state index contributed by atoms with van der Waals surface area (Å²) in [6, 6.07) is 12.8. The van der Waals surface area contributed by atoms with Crippen LogP contribution in [-0.4, -0.2) is 13.1 Å². The molecule has 1 heterocycles. The van der Waals surface area contributed by atoms with E-state index in [-0.39, 0.29) is 18.3 Å². The number of nitrogens with zero attached hydrogens (tertiary/aromatic N) is 2. The molecule has 15 heavy (non-hydrogen) atoms. The van der Waals surface area contributed by atoms with Crippen LogP contribution in [0.3, 0.4) is 0 Å². The van der Waals surface area contributed by atoms with Gasteiger partial charge >= 0.3 is 0 Å². The quantitative estimate of drug-likeness (QED) is 0.731. The van der Waals surface area contributed by atoms with Gasteiger partial charge in [-0.25, -0.2) is 0 Å². The second kappa shape index (κ2) is 5.63. The minimum atomic E-state index is 0. The van der Waals surface area contributed by atoms with Crippen LogP contribution >= 0.6 is 12.4 Å². The number of piperidine rings is 1. The van der Waals surface area contributed by atoms with E-state index >= 15 is 0 Å². The van der Waals surface area contributed by atoms with Gasteiger partial charge < -0.3 is 4.90 Å². The van der Waals surface area contributed by atoms with Crippen molar-refractivity contribution in [3.05, 3.63) is 30.3 Å². The predicted molar refractivity (Wildman–Crippen MR) is 64.2 cm³/mol. The summed E-state index contributed by atoms with van der Waals surface area (Å²) < 4.78 is 0. The van der Waals surface area contributed by atoms with Gasteiger partial charge in [0, 0.05) is 24.7 Å². The second-order valence-corrected chi connectivity index (χ2v) is 3.73. The largest absolute Gasteiger partial charge is 0.371 e. The molecule has 2 nitrogen and oxygen atoms in total. The molecule has 80 valence electrons. The highest BCUT2D eigenvalue weighted by Crippen LogP contribution is 2.22. The van der Waals surface area contributed by atoms with Gasteiger partial charge in [-0.2, -0.15) is 5.26 Å². The molecule has 0 amide bonds. The number of anilines is 1. The molecule has 0 saturated carbocycles. The topological polar surface area (TPSA) is 27.0 Å². The van der Waals surface area contributed by atoms with Gasteiger partial charge in [0.2, 0.25) is 0 Å². The molecule has 0 atom stereocenters. The molecule has 1 fully saturated rings. The van der Waals surface area contributed by atoms with Gasteiger partial charge in [0.25, 0.3) is 0 Å². The number of nitriles is 1. The Hall–Kier alpha value is -1.20. The number of hydrogen-bond donors (Lipinski definition) is 0. The van der Waals surface area contributed by atoms with Crippen molar-refractivity contribution >= 4 is 18.1 Å². The van der Waals surface area contributed by atoms with Gasteiger partial charge in [-0.1, -0.05) is 18.2 Å². The van der Waals surface area contributed by atoms with Crippen molar-refractivity contribution in [2.24, 2.45) is 5.92 Å². The molecule has 0 bridgehead atoms. The first kappa shape index (κ1) is 11.9. The lowest BCUT2D eigenvalue weighted by molar-refractivity contribution is 0.488. The molecule has 2 rings (SSSR count). The summed E-state index contributed by atoms with van der Waals surface area (Å²) in [4.78, 5) is 2.36. The highest BCUT2D eigenvalue weighted by atomic mass is 35.5. The Bertz CT molecular complexity index is 323. The van der Waals surface area contributed by atoms with Crippen LogP contribution in [-0.2, 0) is 0 Å². The van der Waals surface area contributed by atoms with Gasteiger partial charge in [-0.3, -0.25) is 0 Å². The van der Waals surface area contributed by atoms with Crippen molar-refractivity contribution < 1.29 is 0 Å². The zero-order valence-electron chi connectivity index (χ0n) is 8.60. The Morgan fingerprint density at radius 3 is 2.27 bits per heavy atom. The van der Waals surface area contributed by atoms with Gasteiger partial charge in [0.05, 0.1) is 6.07 Å². The van der Waals surface area contributed by atoms with E-state index in [1.54, 1.807) is 0 Å². The Balaban J connectivity index is 0.00000112. The van der Waals surface area contributed by atoms with Crippen LogP contribution in [0.1, 0.15) is 12.8 Å². The standard InChI is InChI=1S/C12H14N2.ClH/c13-10-11-6-8-14(9-7-11)12-4-2-1-3-5-12;/h1-5,11H,6-9H2;1H. The summed E-state index contributed by atoms with van der Waals surface area (Å²) in [5.41, 5.74) is 1.28. The summed E-state index contributed by atoms with van der Waals surface area (Å²) >= 11 is 0. The zero-order valence-corrected chi connectivity index (χ0v) is 9.41. The molecule has 1 saturated heterocycles.